The number of hydrogen-bond acceptors (Lipinski definition) is 2. The van der Waals surface area contributed by atoms with E-state index in [2.05, 4.69) is 212 Å². The molecule has 7 aromatic carbocycles. The number of rotatable bonds is 6. The number of fused-ring (bicyclic) bond motifs is 2. The van der Waals surface area contributed by atoms with E-state index in [1.54, 1.807) is 0 Å². The van der Waals surface area contributed by atoms with Crippen LogP contribution < -0.4 is 9.80 Å². The number of hydrogen-bond donors (Lipinski definition) is 0. The van der Waals surface area contributed by atoms with E-state index in [4.69, 9.17) is 0 Å². The molecule has 0 aliphatic rings. The molecule has 0 radical (unpaired) electrons. The van der Waals surface area contributed by atoms with Crippen molar-refractivity contribution in [3.8, 4) is 0 Å². The Morgan fingerprint density at radius 3 is 0.865 bits per heavy atom. The lowest BCUT2D eigenvalue weighted by Gasteiger charge is -2.34. The van der Waals surface area contributed by atoms with E-state index < -0.39 is 0 Å². The smallest absolute Gasteiger partial charge is 0.0620 e. The minimum absolute atomic E-state index is 0.0407. The third-order valence-electron chi connectivity index (χ3n) is 10.3. The fourth-order valence-electron chi connectivity index (χ4n) is 7.48. The maximum Gasteiger partial charge on any atom is 0.0620 e. The molecule has 0 saturated heterocycles. The van der Waals surface area contributed by atoms with E-state index in [1.165, 1.54) is 66.3 Å². The second kappa shape index (κ2) is 13.3. The van der Waals surface area contributed by atoms with Crippen molar-refractivity contribution in [3.63, 3.8) is 0 Å². The number of aryl methyl sites for hydroxylation is 4. The highest BCUT2D eigenvalue weighted by atomic mass is 15.2. The largest absolute Gasteiger partial charge is 0.309 e. The van der Waals surface area contributed by atoms with Crippen molar-refractivity contribution in [2.75, 3.05) is 9.80 Å². The van der Waals surface area contributed by atoms with E-state index in [-0.39, 0.29) is 10.8 Å². The first-order valence-electron chi connectivity index (χ1n) is 18.6. The third kappa shape index (κ3) is 6.71. The lowest BCUT2D eigenvalue weighted by atomic mass is 9.82. The van der Waals surface area contributed by atoms with Crippen molar-refractivity contribution in [1.82, 2.24) is 0 Å². The van der Waals surface area contributed by atoms with Crippen molar-refractivity contribution in [2.24, 2.45) is 0 Å². The van der Waals surface area contributed by atoms with Gasteiger partial charge in [-0.05, 0) is 133 Å². The molecule has 0 saturated carbocycles. The van der Waals surface area contributed by atoms with Crippen molar-refractivity contribution in [1.29, 1.82) is 0 Å². The maximum absolute atomic E-state index is 2.50. The number of benzene rings is 7. The zero-order valence-corrected chi connectivity index (χ0v) is 32.6. The Morgan fingerprint density at radius 2 is 0.615 bits per heavy atom. The van der Waals surface area contributed by atoms with Gasteiger partial charge in [0.15, 0.2) is 0 Å². The van der Waals surface area contributed by atoms with Gasteiger partial charge in [-0.25, -0.2) is 0 Å². The highest BCUT2D eigenvalue weighted by molar-refractivity contribution is 6.23. The SMILES string of the molecule is Cc1cccc(N(c2cccc(C)c2)c2c3ccc(C(C)(C)C)cc3c(N(c3cccc(C)c3)c3cccc(C)c3)c3ccc(C(C)(C)C)cc23)c1. The highest BCUT2D eigenvalue weighted by Gasteiger charge is 2.28. The van der Waals surface area contributed by atoms with Gasteiger partial charge in [0.05, 0.1) is 11.4 Å². The molecule has 0 fully saturated rings. The van der Waals surface area contributed by atoms with Gasteiger partial charge in [-0.1, -0.05) is 114 Å². The van der Waals surface area contributed by atoms with Gasteiger partial charge < -0.3 is 9.80 Å². The van der Waals surface area contributed by atoms with Crippen molar-refractivity contribution < 1.29 is 0 Å². The van der Waals surface area contributed by atoms with Crippen LogP contribution in [-0.4, -0.2) is 0 Å². The Hall–Kier alpha value is -5.34. The fourth-order valence-corrected chi connectivity index (χ4v) is 7.48. The second-order valence-corrected chi connectivity index (χ2v) is 16.7. The van der Waals surface area contributed by atoms with Gasteiger partial charge in [0.25, 0.3) is 0 Å². The maximum atomic E-state index is 2.50. The van der Waals surface area contributed by atoms with Crippen LogP contribution in [0.4, 0.5) is 34.1 Å². The van der Waals surface area contributed by atoms with Gasteiger partial charge in [0, 0.05) is 44.3 Å². The summed E-state index contributed by atoms with van der Waals surface area (Å²) < 4.78 is 0. The summed E-state index contributed by atoms with van der Waals surface area (Å²) in [7, 11) is 0. The van der Waals surface area contributed by atoms with Crippen LogP contribution >= 0.6 is 0 Å². The molecule has 0 aromatic heterocycles. The van der Waals surface area contributed by atoms with E-state index in [1.807, 2.05) is 0 Å². The molecule has 0 atom stereocenters. The molecule has 52 heavy (non-hydrogen) atoms. The predicted octanol–water partition coefficient (Wildman–Crippen LogP) is 14.8. The molecular formula is C50H52N2. The van der Waals surface area contributed by atoms with Crippen LogP contribution in [0.3, 0.4) is 0 Å². The Morgan fingerprint density at radius 1 is 0.327 bits per heavy atom. The van der Waals surface area contributed by atoms with Crippen molar-refractivity contribution >= 4 is 55.7 Å². The summed E-state index contributed by atoms with van der Waals surface area (Å²) >= 11 is 0. The molecule has 7 rings (SSSR count). The molecule has 0 unspecified atom stereocenters. The van der Waals surface area contributed by atoms with Crippen LogP contribution in [-0.2, 0) is 10.8 Å². The fraction of sp³-hybridized carbons (Fsp3) is 0.240. The molecule has 0 aliphatic carbocycles. The third-order valence-corrected chi connectivity index (χ3v) is 10.3. The minimum Gasteiger partial charge on any atom is -0.309 e. The quantitative estimate of drug-likeness (QED) is 0.127. The zero-order valence-electron chi connectivity index (χ0n) is 32.6. The van der Waals surface area contributed by atoms with Crippen LogP contribution in [0.1, 0.15) is 74.9 Å². The topological polar surface area (TPSA) is 6.48 Å². The molecule has 0 aliphatic heterocycles. The minimum atomic E-state index is -0.0407. The van der Waals surface area contributed by atoms with Gasteiger partial charge in [0.2, 0.25) is 0 Å². The van der Waals surface area contributed by atoms with E-state index in [0.29, 0.717) is 0 Å². The Labute approximate surface area is 311 Å². The molecule has 0 bridgehead atoms. The molecular weight excluding hydrogens is 629 g/mol. The average Bonchev–Trinajstić information content (AvgIpc) is 3.08. The molecule has 0 heterocycles. The first kappa shape index (κ1) is 35.1. The molecule has 2 heteroatoms. The van der Waals surface area contributed by atoms with Gasteiger partial charge in [0.1, 0.15) is 0 Å². The number of nitrogens with zero attached hydrogens (tertiary/aromatic N) is 2. The predicted molar refractivity (Wildman–Crippen MR) is 227 cm³/mol. The molecule has 7 aromatic rings. The number of anilines is 6. The molecule has 0 amide bonds. The molecule has 0 N–H and O–H groups in total. The first-order chi connectivity index (χ1) is 24.7. The lowest BCUT2D eigenvalue weighted by Crippen LogP contribution is -2.17. The van der Waals surface area contributed by atoms with Gasteiger partial charge in [-0.2, -0.15) is 0 Å². The molecule has 2 nitrogen and oxygen atoms in total. The lowest BCUT2D eigenvalue weighted by molar-refractivity contribution is 0.590. The van der Waals surface area contributed by atoms with Crippen LogP contribution in [0.5, 0.6) is 0 Å². The average molecular weight is 681 g/mol. The van der Waals surface area contributed by atoms with Gasteiger partial charge in [-0.15, -0.1) is 0 Å². The Balaban J connectivity index is 1.74. The standard InChI is InChI=1S/C50H52N2/c1-33-15-11-19-39(27-33)51(40-20-12-16-34(2)28-40)47-43-25-23-38(50(8,9)10)32-46(43)48(44-26-24-37(31-45(44)47)49(5,6)7)52(41-21-13-17-35(3)29-41)42-22-14-18-36(4)30-42/h11-32H,1-10H3. The summed E-state index contributed by atoms with van der Waals surface area (Å²) in [6, 6.07) is 50.2. The summed E-state index contributed by atoms with van der Waals surface area (Å²) in [4.78, 5) is 5.00. The van der Waals surface area contributed by atoms with Crippen LogP contribution in [0.2, 0.25) is 0 Å². The highest BCUT2D eigenvalue weighted by Crippen LogP contribution is 2.52. The normalized spacial score (nSPS) is 12.0. The second-order valence-electron chi connectivity index (χ2n) is 16.7. The summed E-state index contributed by atoms with van der Waals surface area (Å²) in [5, 5.41) is 4.89. The van der Waals surface area contributed by atoms with Crippen LogP contribution in [0.15, 0.2) is 133 Å². The van der Waals surface area contributed by atoms with Crippen LogP contribution in [0, 0.1) is 27.7 Å². The Kier molecular flexibility index (Phi) is 8.99. The first-order valence-corrected chi connectivity index (χ1v) is 18.6. The van der Waals surface area contributed by atoms with Gasteiger partial charge in [-0.3, -0.25) is 0 Å². The summed E-state index contributed by atoms with van der Waals surface area (Å²) in [6.07, 6.45) is 0. The Bertz CT molecular complexity index is 2170. The van der Waals surface area contributed by atoms with Crippen LogP contribution in [0.25, 0.3) is 21.5 Å². The zero-order chi connectivity index (χ0) is 36.9. The van der Waals surface area contributed by atoms with Gasteiger partial charge >= 0.3 is 0 Å². The molecule has 0 spiro atoms. The molecule has 262 valence electrons. The summed E-state index contributed by atoms with van der Waals surface area (Å²) in [5.41, 5.74) is 14.5. The van der Waals surface area contributed by atoms with E-state index in [0.717, 1.165) is 22.7 Å². The summed E-state index contributed by atoms with van der Waals surface area (Å²) in [5.74, 6) is 0. The van der Waals surface area contributed by atoms with Crippen molar-refractivity contribution in [3.05, 3.63) is 167 Å². The van der Waals surface area contributed by atoms with E-state index in [9.17, 15) is 0 Å². The monoisotopic (exact) mass is 680 g/mol. The van der Waals surface area contributed by atoms with E-state index >= 15 is 0 Å². The summed E-state index contributed by atoms with van der Waals surface area (Å²) in [6.45, 7) is 22.6. The van der Waals surface area contributed by atoms with Crippen molar-refractivity contribution in [2.45, 2.75) is 80.1 Å².